The fraction of sp³-hybridized carbons (Fsp3) is 0.333. The van der Waals surface area contributed by atoms with Crippen LogP contribution in [0, 0.1) is 0 Å². The fourth-order valence-corrected chi connectivity index (χ4v) is 3.69. The van der Waals surface area contributed by atoms with Gasteiger partial charge in [-0.05, 0) is 31.9 Å². The molecule has 3 heterocycles. The highest BCUT2D eigenvalue weighted by molar-refractivity contribution is 5.52. The molecule has 1 aliphatic rings. The second-order valence-electron chi connectivity index (χ2n) is 7.63. The molecule has 0 radical (unpaired) electrons. The summed E-state index contributed by atoms with van der Waals surface area (Å²) in [5.74, 6) is 0.505. The maximum atomic E-state index is 12.7. The molecule has 7 nitrogen and oxygen atoms in total. The summed E-state index contributed by atoms with van der Waals surface area (Å²) >= 11 is 0. The molecule has 2 N–H and O–H groups in total. The highest BCUT2D eigenvalue weighted by Crippen LogP contribution is 2.37. The van der Waals surface area contributed by atoms with Gasteiger partial charge in [0, 0.05) is 23.7 Å². The molecule has 0 amide bonds. The van der Waals surface area contributed by atoms with Crippen molar-refractivity contribution < 1.29 is 5.11 Å². The monoisotopic (exact) mass is 377 g/mol. The molecule has 1 unspecified atom stereocenters. The highest BCUT2D eigenvalue weighted by Gasteiger charge is 2.39. The Morgan fingerprint density at radius 3 is 2.75 bits per heavy atom. The zero-order valence-electron chi connectivity index (χ0n) is 15.9. The largest absolute Gasteiger partial charge is 0.388 e. The molecule has 0 saturated heterocycles. The number of hydrogen-bond donors (Lipinski definition) is 2. The van der Waals surface area contributed by atoms with E-state index in [0.717, 1.165) is 5.56 Å². The standard InChI is InChI=1S/C21H23N5O2/c1-21(2)15(10-18(27)14-6-4-3-5-7-14)20-25-17(16-8-9-22-12-23-16)11-19(28)26(20)13-24-21/h3-9,11-12,15,18,24,27H,10,13H2,1-2H3/t15?,18-/m0/s1. The molecular formula is C21H23N5O2. The van der Waals surface area contributed by atoms with E-state index < -0.39 is 6.10 Å². The summed E-state index contributed by atoms with van der Waals surface area (Å²) in [7, 11) is 0. The van der Waals surface area contributed by atoms with Crippen LogP contribution in [0.3, 0.4) is 0 Å². The van der Waals surface area contributed by atoms with E-state index >= 15 is 0 Å². The van der Waals surface area contributed by atoms with Crippen LogP contribution in [-0.4, -0.2) is 30.2 Å². The first-order chi connectivity index (χ1) is 13.5. The van der Waals surface area contributed by atoms with Crippen molar-refractivity contribution in [3.63, 3.8) is 0 Å². The lowest BCUT2D eigenvalue weighted by molar-refractivity contribution is 0.119. The first-order valence-corrected chi connectivity index (χ1v) is 9.32. The Morgan fingerprint density at radius 2 is 2.04 bits per heavy atom. The number of aromatic nitrogens is 4. The van der Waals surface area contributed by atoms with E-state index in [1.807, 2.05) is 30.3 Å². The van der Waals surface area contributed by atoms with Gasteiger partial charge >= 0.3 is 0 Å². The van der Waals surface area contributed by atoms with Crippen molar-refractivity contribution in [3.8, 4) is 11.4 Å². The van der Waals surface area contributed by atoms with Crippen LogP contribution in [0.25, 0.3) is 11.4 Å². The molecule has 2 atom stereocenters. The number of fused-ring (bicyclic) bond motifs is 1. The van der Waals surface area contributed by atoms with Crippen LogP contribution in [0.15, 0.2) is 59.8 Å². The summed E-state index contributed by atoms with van der Waals surface area (Å²) in [5, 5.41) is 14.2. The van der Waals surface area contributed by atoms with Crippen molar-refractivity contribution in [2.24, 2.45) is 0 Å². The zero-order valence-corrected chi connectivity index (χ0v) is 15.9. The Balaban J connectivity index is 1.77. The third-order valence-corrected chi connectivity index (χ3v) is 5.40. The summed E-state index contributed by atoms with van der Waals surface area (Å²) < 4.78 is 1.64. The van der Waals surface area contributed by atoms with E-state index in [-0.39, 0.29) is 17.0 Å². The Kier molecular flexibility index (Phi) is 4.78. The predicted octanol–water partition coefficient (Wildman–Crippen LogP) is 2.25. The van der Waals surface area contributed by atoms with Gasteiger partial charge in [0.05, 0.1) is 24.2 Å². The summed E-state index contributed by atoms with van der Waals surface area (Å²) in [6, 6.07) is 12.8. The van der Waals surface area contributed by atoms with Crippen LogP contribution in [0.5, 0.6) is 0 Å². The van der Waals surface area contributed by atoms with Crippen molar-refractivity contribution in [1.82, 2.24) is 24.8 Å². The minimum atomic E-state index is -0.654. The smallest absolute Gasteiger partial charge is 0.255 e. The minimum absolute atomic E-state index is 0.138. The number of benzene rings is 1. The van der Waals surface area contributed by atoms with Crippen LogP contribution < -0.4 is 10.9 Å². The molecule has 1 aliphatic heterocycles. The van der Waals surface area contributed by atoms with Crippen molar-refractivity contribution in [3.05, 3.63) is 76.7 Å². The summed E-state index contributed by atoms with van der Waals surface area (Å²) in [5.41, 5.74) is 1.51. The number of nitrogens with one attached hydrogen (secondary N) is 1. The van der Waals surface area contributed by atoms with E-state index in [2.05, 4.69) is 29.1 Å². The molecule has 2 aromatic heterocycles. The van der Waals surface area contributed by atoms with Gasteiger partial charge in [0.25, 0.3) is 5.56 Å². The van der Waals surface area contributed by atoms with Gasteiger partial charge in [0.2, 0.25) is 0 Å². The van der Waals surface area contributed by atoms with Crippen molar-refractivity contribution in [2.75, 3.05) is 0 Å². The first-order valence-electron chi connectivity index (χ1n) is 9.32. The van der Waals surface area contributed by atoms with Gasteiger partial charge in [-0.25, -0.2) is 15.0 Å². The summed E-state index contributed by atoms with van der Waals surface area (Å²) in [6.07, 6.45) is 2.86. The second-order valence-corrected chi connectivity index (χ2v) is 7.63. The third kappa shape index (κ3) is 3.46. The molecule has 7 heteroatoms. The normalized spacial score (nSPS) is 19.0. The van der Waals surface area contributed by atoms with Crippen LogP contribution in [0.1, 0.15) is 43.7 Å². The minimum Gasteiger partial charge on any atom is -0.388 e. The lowest BCUT2D eigenvalue weighted by atomic mass is 9.80. The van der Waals surface area contributed by atoms with E-state index in [4.69, 9.17) is 4.98 Å². The molecule has 4 rings (SSSR count). The Hall–Kier alpha value is -2.90. The number of rotatable bonds is 4. The van der Waals surface area contributed by atoms with Gasteiger partial charge in [-0.2, -0.15) is 0 Å². The topological polar surface area (TPSA) is 92.9 Å². The van der Waals surface area contributed by atoms with Gasteiger partial charge in [-0.15, -0.1) is 0 Å². The van der Waals surface area contributed by atoms with Crippen molar-refractivity contribution in [1.29, 1.82) is 0 Å². The number of hydrogen-bond acceptors (Lipinski definition) is 6. The molecule has 0 aliphatic carbocycles. The number of aliphatic hydroxyl groups is 1. The Morgan fingerprint density at radius 1 is 1.25 bits per heavy atom. The van der Waals surface area contributed by atoms with E-state index in [9.17, 15) is 9.90 Å². The lowest BCUT2D eigenvalue weighted by Gasteiger charge is -2.41. The quantitative estimate of drug-likeness (QED) is 0.724. The zero-order chi connectivity index (χ0) is 19.7. The first kappa shape index (κ1) is 18.5. The van der Waals surface area contributed by atoms with E-state index in [1.165, 1.54) is 12.4 Å². The fourth-order valence-electron chi connectivity index (χ4n) is 3.69. The van der Waals surface area contributed by atoms with Crippen molar-refractivity contribution in [2.45, 2.75) is 44.5 Å². The van der Waals surface area contributed by atoms with Gasteiger partial charge < -0.3 is 5.11 Å². The molecule has 0 fully saturated rings. The predicted molar refractivity (Wildman–Crippen MR) is 105 cm³/mol. The maximum absolute atomic E-state index is 12.7. The number of nitrogens with zero attached hydrogens (tertiary/aromatic N) is 4. The Bertz CT molecular complexity index is 1020. The molecular weight excluding hydrogens is 354 g/mol. The van der Waals surface area contributed by atoms with Crippen LogP contribution in [0.4, 0.5) is 0 Å². The SMILES string of the molecule is CC1(C)NCn2c(nc(-c3ccncn3)cc2=O)C1C[C@H](O)c1ccccc1. The van der Waals surface area contributed by atoms with Crippen LogP contribution >= 0.6 is 0 Å². The lowest BCUT2D eigenvalue weighted by Crippen LogP contribution is -2.53. The molecule has 0 spiro atoms. The van der Waals surface area contributed by atoms with Crippen LogP contribution in [0.2, 0.25) is 0 Å². The molecule has 144 valence electrons. The summed E-state index contributed by atoms with van der Waals surface area (Å²) in [6.45, 7) is 4.53. The summed E-state index contributed by atoms with van der Waals surface area (Å²) in [4.78, 5) is 25.7. The van der Waals surface area contributed by atoms with Gasteiger partial charge in [-0.3, -0.25) is 14.7 Å². The van der Waals surface area contributed by atoms with Gasteiger partial charge in [0.1, 0.15) is 12.2 Å². The van der Waals surface area contributed by atoms with Gasteiger partial charge in [0.15, 0.2) is 0 Å². The molecule has 3 aromatic rings. The average molecular weight is 377 g/mol. The molecule has 0 saturated carbocycles. The Labute approximate surface area is 163 Å². The number of aliphatic hydroxyl groups excluding tert-OH is 1. The highest BCUT2D eigenvalue weighted by atomic mass is 16.3. The van der Waals surface area contributed by atoms with Crippen molar-refractivity contribution >= 4 is 0 Å². The average Bonchev–Trinajstić information content (AvgIpc) is 2.71. The molecule has 0 bridgehead atoms. The van der Waals surface area contributed by atoms with E-state index in [1.54, 1.807) is 16.8 Å². The maximum Gasteiger partial charge on any atom is 0.255 e. The molecule has 28 heavy (non-hydrogen) atoms. The molecule has 1 aromatic carbocycles. The van der Waals surface area contributed by atoms with Gasteiger partial charge in [-0.1, -0.05) is 30.3 Å². The second kappa shape index (κ2) is 7.26. The van der Waals surface area contributed by atoms with E-state index in [0.29, 0.717) is 30.3 Å². The third-order valence-electron chi connectivity index (χ3n) is 5.40. The van der Waals surface area contributed by atoms with Crippen LogP contribution in [-0.2, 0) is 6.67 Å².